The molecule has 0 aliphatic heterocycles. The second-order valence-corrected chi connectivity index (χ2v) is 8.86. The summed E-state index contributed by atoms with van der Waals surface area (Å²) in [5.74, 6) is 0.705. The van der Waals surface area contributed by atoms with Gasteiger partial charge in [0, 0.05) is 23.3 Å². The van der Waals surface area contributed by atoms with Gasteiger partial charge in [0.15, 0.2) is 5.13 Å². The average molecular weight is 430 g/mol. The Balaban J connectivity index is 1.68. The second-order valence-electron chi connectivity index (χ2n) is 6.05. The van der Waals surface area contributed by atoms with E-state index in [1.165, 1.54) is 22.7 Å². The van der Waals surface area contributed by atoms with Gasteiger partial charge in [-0.2, -0.15) is 0 Å². The third-order valence-electron chi connectivity index (χ3n) is 4.13. The molecule has 0 N–H and O–H groups in total. The number of methoxy groups -OCH3 is 1. The van der Waals surface area contributed by atoms with Gasteiger partial charge in [-0.05, 0) is 35.9 Å². The molecule has 0 aliphatic carbocycles. The Morgan fingerprint density at radius 3 is 2.82 bits per heavy atom. The van der Waals surface area contributed by atoms with Crippen molar-refractivity contribution in [1.29, 1.82) is 0 Å². The summed E-state index contributed by atoms with van der Waals surface area (Å²) in [6.07, 6.45) is 3.75. The molecule has 4 rings (SSSR count). The quantitative estimate of drug-likeness (QED) is 0.423. The summed E-state index contributed by atoms with van der Waals surface area (Å²) < 4.78 is 6.95. The Hall–Kier alpha value is -2.48. The third-order valence-corrected chi connectivity index (χ3v) is 6.42. The number of aromatic nitrogens is 2. The number of fused-ring (bicyclic) bond motifs is 1. The zero-order valence-corrected chi connectivity index (χ0v) is 17.4. The van der Waals surface area contributed by atoms with Gasteiger partial charge in [-0.15, -0.1) is 11.3 Å². The number of pyridine rings is 1. The van der Waals surface area contributed by atoms with Crippen LogP contribution in [0.3, 0.4) is 0 Å². The second kappa shape index (κ2) is 8.26. The highest BCUT2D eigenvalue weighted by molar-refractivity contribution is 7.22. The summed E-state index contributed by atoms with van der Waals surface area (Å²) in [5.41, 5.74) is 1.75. The van der Waals surface area contributed by atoms with E-state index >= 15 is 0 Å². The number of anilines is 1. The highest BCUT2D eigenvalue weighted by Crippen LogP contribution is 2.32. The van der Waals surface area contributed by atoms with Gasteiger partial charge in [-0.3, -0.25) is 14.7 Å². The molecule has 0 bridgehead atoms. The van der Waals surface area contributed by atoms with E-state index in [1.54, 1.807) is 24.4 Å². The molecule has 0 unspecified atom stereocenters. The molecule has 0 saturated carbocycles. The molecule has 5 nitrogen and oxygen atoms in total. The van der Waals surface area contributed by atoms with Crippen LogP contribution >= 0.6 is 34.3 Å². The first-order chi connectivity index (χ1) is 13.6. The van der Waals surface area contributed by atoms with Crippen LogP contribution in [0.5, 0.6) is 5.75 Å². The molecule has 0 atom stereocenters. The van der Waals surface area contributed by atoms with Gasteiger partial charge in [0.25, 0.3) is 0 Å². The SMILES string of the molecule is COc1ccc2sc(N(Cc3cccnc3)C(=O)Cc3ccc(Cl)s3)nc2c1. The van der Waals surface area contributed by atoms with E-state index in [-0.39, 0.29) is 12.3 Å². The summed E-state index contributed by atoms with van der Waals surface area (Å²) in [6.45, 7) is 0.405. The molecule has 28 heavy (non-hydrogen) atoms. The zero-order chi connectivity index (χ0) is 19.5. The van der Waals surface area contributed by atoms with E-state index in [9.17, 15) is 4.79 Å². The van der Waals surface area contributed by atoms with E-state index in [2.05, 4.69) is 9.97 Å². The highest BCUT2D eigenvalue weighted by Gasteiger charge is 2.21. The lowest BCUT2D eigenvalue weighted by molar-refractivity contribution is -0.118. The standard InChI is InChI=1S/C20H16ClN3O2S2/c1-26-14-4-6-17-16(9-14)23-20(28-17)24(12-13-3-2-8-22-11-13)19(25)10-15-5-7-18(21)27-15/h2-9,11H,10,12H2,1H3. The molecule has 1 amide bonds. The molecule has 1 aromatic carbocycles. The molecule has 4 aromatic rings. The van der Waals surface area contributed by atoms with Gasteiger partial charge in [-0.1, -0.05) is 29.0 Å². The molecule has 142 valence electrons. The number of nitrogens with zero attached hydrogens (tertiary/aromatic N) is 3. The highest BCUT2D eigenvalue weighted by atomic mass is 35.5. The topological polar surface area (TPSA) is 55.3 Å². The van der Waals surface area contributed by atoms with Gasteiger partial charge in [-0.25, -0.2) is 4.98 Å². The molecular weight excluding hydrogens is 414 g/mol. The summed E-state index contributed by atoms with van der Waals surface area (Å²) in [5, 5.41) is 0.653. The van der Waals surface area contributed by atoms with Crippen molar-refractivity contribution in [2.75, 3.05) is 12.0 Å². The molecule has 0 radical (unpaired) electrons. The fraction of sp³-hybridized carbons (Fsp3) is 0.150. The van der Waals surface area contributed by atoms with E-state index < -0.39 is 0 Å². The number of ether oxygens (including phenoxy) is 1. The van der Waals surface area contributed by atoms with Crippen LogP contribution in [0, 0.1) is 0 Å². The maximum atomic E-state index is 13.1. The summed E-state index contributed by atoms with van der Waals surface area (Å²) >= 11 is 8.92. The summed E-state index contributed by atoms with van der Waals surface area (Å²) in [4.78, 5) is 24.6. The van der Waals surface area contributed by atoms with Crippen molar-refractivity contribution in [2.45, 2.75) is 13.0 Å². The van der Waals surface area contributed by atoms with Gasteiger partial charge in [0.2, 0.25) is 5.91 Å². The van der Waals surface area contributed by atoms with E-state index in [1.807, 2.05) is 42.5 Å². The minimum Gasteiger partial charge on any atom is -0.497 e. The van der Waals surface area contributed by atoms with Crippen LogP contribution in [0.2, 0.25) is 4.34 Å². The van der Waals surface area contributed by atoms with Crippen molar-refractivity contribution in [3.63, 3.8) is 0 Å². The van der Waals surface area contributed by atoms with E-state index in [0.29, 0.717) is 16.0 Å². The Morgan fingerprint density at radius 2 is 2.11 bits per heavy atom. The number of thiophene rings is 1. The zero-order valence-electron chi connectivity index (χ0n) is 15.0. The molecule has 0 spiro atoms. The van der Waals surface area contributed by atoms with Crippen LogP contribution in [0.15, 0.2) is 54.9 Å². The number of rotatable bonds is 6. The van der Waals surface area contributed by atoms with Gasteiger partial charge < -0.3 is 4.74 Å². The fourth-order valence-electron chi connectivity index (χ4n) is 2.77. The van der Waals surface area contributed by atoms with Crippen molar-refractivity contribution in [1.82, 2.24) is 9.97 Å². The van der Waals surface area contributed by atoms with E-state index in [0.717, 1.165) is 26.4 Å². The minimum absolute atomic E-state index is 0.0339. The van der Waals surface area contributed by atoms with Crippen molar-refractivity contribution < 1.29 is 9.53 Å². The van der Waals surface area contributed by atoms with Gasteiger partial charge in [0.05, 0.1) is 34.6 Å². The van der Waals surface area contributed by atoms with Crippen LogP contribution in [0.4, 0.5) is 5.13 Å². The number of carbonyl (C=O) groups excluding carboxylic acids is 1. The molecule has 3 heterocycles. The molecule has 8 heteroatoms. The largest absolute Gasteiger partial charge is 0.497 e. The predicted molar refractivity (Wildman–Crippen MR) is 115 cm³/mol. The number of halogens is 1. The smallest absolute Gasteiger partial charge is 0.234 e. The predicted octanol–water partition coefficient (Wildman–Crippen LogP) is 5.19. The number of carbonyl (C=O) groups is 1. The van der Waals surface area contributed by atoms with Gasteiger partial charge >= 0.3 is 0 Å². The molecule has 0 fully saturated rings. The molecule has 3 aromatic heterocycles. The Morgan fingerprint density at radius 1 is 1.21 bits per heavy atom. The molecule has 0 aliphatic rings. The van der Waals surface area contributed by atoms with Crippen LogP contribution < -0.4 is 9.64 Å². The first-order valence-corrected chi connectivity index (χ1v) is 10.5. The van der Waals surface area contributed by atoms with Crippen molar-refractivity contribution in [3.05, 3.63) is 69.6 Å². The number of hydrogen-bond acceptors (Lipinski definition) is 6. The first kappa shape index (κ1) is 18.9. The number of amides is 1. The third kappa shape index (κ3) is 4.16. The lowest BCUT2D eigenvalue weighted by Gasteiger charge is -2.19. The Kier molecular flexibility index (Phi) is 5.57. The maximum absolute atomic E-state index is 13.1. The fourth-order valence-corrected chi connectivity index (χ4v) is 4.81. The first-order valence-electron chi connectivity index (χ1n) is 8.50. The molecular formula is C20H16ClN3O2S2. The van der Waals surface area contributed by atoms with Crippen LogP contribution in [0.1, 0.15) is 10.4 Å². The normalized spacial score (nSPS) is 10.9. The number of thiazole rings is 1. The Labute approximate surface area is 175 Å². The lowest BCUT2D eigenvalue weighted by Crippen LogP contribution is -2.31. The number of benzene rings is 1. The molecule has 0 saturated heterocycles. The average Bonchev–Trinajstić information content (AvgIpc) is 3.31. The van der Waals surface area contributed by atoms with Crippen molar-refractivity contribution in [2.24, 2.45) is 0 Å². The van der Waals surface area contributed by atoms with Crippen LogP contribution in [-0.4, -0.2) is 23.0 Å². The number of hydrogen-bond donors (Lipinski definition) is 0. The van der Waals surface area contributed by atoms with E-state index in [4.69, 9.17) is 16.3 Å². The van der Waals surface area contributed by atoms with Crippen LogP contribution in [-0.2, 0) is 17.8 Å². The van der Waals surface area contributed by atoms with Crippen molar-refractivity contribution >= 4 is 55.5 Å². The Bertz CT molecular complexity index is 1110. The van der Waals surface area contributed by atoms with Crippen LogP contribution in [0.25, 0.3) is 10.2 Å². The maximum Gasteiger partial charge on any atom is 0.234 e. The van der Waals surface area contributed by atoms with Gasteiger partial charge in [0.1, 0.15) is 5.75 Å². The lowest BCUT2D eigenvalue weighted by atomic mass is 10.2. The van der Waals surface area contributed by atoms with Crippen molar-refractivity contribution in [3.8, 4) is 5.75 Å². The monoisotopic (exact) mass is 429 g/mol. The summed E-state index contributed by atoms with van der Waals surface area (Å²) in [6, 6.07) is 13.2. The minimum atomic E-state index is -0.0339. The summed E-state index contributed by atoms with van der Waals surface area (Å²) in [7, 11) is 1.62.